The third-order valence-electron chi connectivity index (χ3n) is 4.45. The Morgan fingerprint density at radius 3 is 2.59 bits per heavy atom. The number of hydrogen-bond donors (Lipinski definition) is 1. The van der Waals surface area contributed by atoms with Gasteiger partial charge in [-0.25, -0.2) is 13.6 Å². The number of Topliss-reactive ketones (excluding diaryl/α,β-unsaturated/α-hetero) is 1. The third-order valence-corrected chi connectivity index (χ3v) is 4.45. The molecule has 1 atom stereocenters. The minimum atomic E-state index is -1.82. The molecule has 0 saturated carbocycles. The van der Waals surface area contributed by atoms with Gasteiger partial charge in [0.2, 0.25) is 0 Å². The van der Waals surface area contributed by atoms with Crippen molar-refractivity contribution in [1.82, 2.24) is 10.2 Å². The topological polar surface area (TPSA) is 75.7 Å². The molecule has 1 aliphatic heterocycles. The molecule has 3 amide bonds. The largest absolute Gasteiger partial charge is 0.496 e. The van der Waals surface area contributed by atoms with E-state index in [9.17, 15) is 23.2 Å². The van der Waals surface area contributed by atoms with Crippen molar-refractivity contribution in [2.75, 3.05) is 13.7 Å². The number of nitrogens with one attached hydrogen (secondary N) is 1. The average Bonchev–Trinajstić information content (AvgIpc) is 2.87. The molecule has 8 heteroatoms. The molecule has 0 spiro atoms. The molecular formula is C19H16F2N2O4. The van der Waals surface area contributed by atoms with Crippen molar-refractivity contribution in [2.45, 2.75) is 12.5 Å². The van der Waals surface area contributed by atoms with Crippen LogP contribution >= 0.6 is 0 Å². The van der Waals surface area contributed by atoms with Gasteiger partial charge in [-0.2, -0.15) is 0 Å². The zero-order valence-corrected chi connectivity index (χ0v) is 14.6. The highest BCUT2D eigenvalue weighted by Crippen LogP contribution is 2.31. The first-order valence-electron chi connectivity index (χ1n) is 8.04. The van der Waals surface area contributed by atoms with Crippen LogP contribution in [0.15, 0.2) is 42.5 Å². The molecule has 1 aliphatic rings. The first kappa shape index (κ1) is 18.5. The molecular weight excluding hydrogens is 358 g/mol. The summed E-state index contributed by atoms with van der Waals surface area (Å²) in [4.78, 5) is 38.3. The lowest BCUT2D eigenvalue weighted by Gasteiger charge is -2.22. The van der Waals surface area contributed by atoms with E-state index in [1.807, 2.05) is 0 Å². The van der Waals surface area contributed by atoms with E-state index in [0.29, 0.717) is 10.6 Å². The van der Waals surface area contributed by atoms with Crippen molar-refractivity contribution in [2.24, 2.45) is 0 Å². The van der Waals surface area contributed by atoms with Gasteiger partial charge in [0.05, 0.1) is 19.2 Å². The van der Waals surface area contributed by atoms with E-state index >= 15 is 0 Å². The maximum absolute atomic E-state index is 14.1. The standard InChI is InChI=1S/C19H16F2N2O4/c1-19(13-9-11(20)7-8-14(13)21)17(25)23(18(26)22-19)10-15(24)12-5-3-4-6-16(12)27-2/h3-9H,10H2,1-2H3,(H,22,26)/t19-/m0/s1. The summed E-state index contributed by atoms with van der Waals surface area (Å²) >= 11 is 0. The quantitative estimate of drug-likeness (QED) is 0.645. The number of rotatable bonds is 5. The molecule has 1 saturated heterocycles. The molecule has 2 aromatic carbocycles. The lowest BCUT2D eigenvalue weighted by Crippen LogP contribution is -2.42. The van der Waals surface area contributed by atoms with Crippen LogP contribution in [0.1, 0.15) is 22.8 Å². The van der Waals surface area contributed by atoms with E-state index in [1.165, 1.54) is 20.1 Å². The second kappa shape index (κ2) is 6.79. The number of hydrogen-bond acceptors (Lipinski definition) is 4. The number of halogens is 2. The lowest BCUT2D eigenvalue weighted by atomic mass is 9.91. The zero-order valence-electron chi connectivity index (χ0n) is 14.6. The molecule has 6 nitrogen and oxygen atoms in total. The van der Waals surface area contributed by atoms with Gasteiger partial charge in [-0.05, 0) is 37.3 Å². The normalized spacial score (nSPS) is 19.2. The van der Waals surface area contributed by atoms with Crippen molar-refractivity contribution in [3.63, 3.8) is 0 Å². The summed E-state index contributed by atoms with van der Waals surface area (Å²) in [5.74, 6) is -2.67. The number of methoxy groups -OCH3 is 1. The second-order valence-electron chi connectivity index (χ2n) is 6.19. The Morgan fingerprint density at radius 1 is 1.19 bits per heavy atom. The molecule has 1 heterocycles. The predicted octanol–water partition coefficient (Wildman–Crippen LogP) is 2.62. The number of amides is 3. The number of nitrogens with zero attached hydrogens (tertiary/aromatic N) is 1. The Bertz CT molecular complexity index is 947. The number of ether oxygens (including phenoxy) is 1. The van der Waals surface area contributed by atoms with Crippen LogP contribution in [-0.4, -0.2) is 36.3 Å². The Labute approximate surface area is 153 Å². The minimum Gasteiger partial charge on any atom is -0.496 e. The number of para-hydroxylation sites is 1. The Morgan fingerprint density at radius 2 is 1.89 bits per heavy atom. The van der Waals surface area contributed by atoms with Crippen LogP contribution in [0.4, 0.5) is 13.6 Å². The van der Waals surface area contributed by atoms with Gasteiger partial charge in [0, 0.05) is 5.56 Å². The summed E-state index contributed by atoms with van der Waals surface area (Å²) in [6, 6.07) is 8.13. The van der Waals surface area contributed by atoms with Crippen LogP contribution < -0.4 is 10.1 Å². The molecule has 0 aliphatic carbocycles. The fraction of sp³-hybridized carbons (Fsp3) is 0.211. The van der Waals surface area contributed by atoms with E-state index in [2.05, 4.69) is 5.32 Å². The highest BCUT2D eigenvalue weighted by molar-refractivity contribution is 6.11. The Kier molecular flexibility index (Phi) is 4.65. The zero-order chi connectivity index (χ0) is 19.8. The lowest BCUT2D eigenvalue weighted by molar-refractivity contribution is -0.130. The summed E-state index contributed by atoms with van der Waals surface area (Å²) in [5, 5.41) is 2.35. The molecule has 2 aromatic rings. The monoisotopic (exact) mass is 374 g/mol. The number of ketones is 1. The summed E-state index contributed by atoms with van der Waals surface area (Å²) in [7, 11) is 1.39. The summed E-state index contributed by atoms with van der Waals surface area (Å²) in [5.41, 5.74) is -1.93. The third kappa shape index (κ3) is 3.14. The van der Waals surface area contributed by atoms with Gasteiger partial charge < -0.3 is 10.1 Å². The van der Waals surface area contributed by atoms with Gasteiger partial charge >= 0.3 is 6.03 Å². The smallest absolute Gasteiger partial charge is 0.325 e. The predicted molar refractivity (Wildman–Crippen MR) is 91.3 cm³/mol. The summed E-state index contributed by atoms with van der Waals surface area (Å²) in [6.45, 7) is 0.705. The van der Waals surface area contributed by atoms with E-state index in [0.717, 1.165) is 18.2 Å². The molecule has 3 rings (SSSR count). The van der Waals surface area contributed by atoms with Crippen molar-refractivity contribution < 1.29 is 27.9 Å². The van der Waals surface area contributed by atoms with Crippen LogP contribution in [0.25, 0.3) is 0 Å². The second-order valence-corrected chi connectivity index (χ2v) is 6.19. The number of carbonyl (C=O) groups is 3. The van der Waals surface area contributed by atoms with E-state index in [4.69, 9.17) is 4.74 Å². The first-order chi connectivity index (χ1) is 12.8. The number of benzene rings is 2. The van der Waals surface area contributed by atoms with Crippen LogP contribution in [0.5, 0.6) is 5.75 Å². The van der Waals surface area contributed by atoms with Crippen molar-refractivity contribution in [3.8, 4) is 5.75 Å². The summed E-state index contributed by atoms with van der Waals surface area (Å²) < 4.78 is 32.8. The number of urea groups is 1. The molecule has 0 unspecified atom stereocenters. The van der Waals surface area contributed by atoms with Crippen molar-refractivity contribution in [1.29, 1.82) is 0 Å². The maximum Gasteiger partial charge on any atom is 0.325 e. The number of carbonyl (C=O) groups excluding carboxylic acids is 3. The van der Waals surface area contributed by atoms with Crippen molar-refractivity contribution >= 4 is 17.7 Å². The van der Waals surface area contributed by atoms with Crippen LogP contribution in [0.3, 0.4) is 0 Å². The van der Waals surface area contributed by atoms with Crippen LogP contribution in [-0.2, 0) is 10.3 Å². The molecule has 0 aromatic heterocycles. The SMILES string of the molecule is COc1ccccc1C(=O)CN1C(=O)N[C@@](C)(c2cc(F)ccc2F)C1=O. The van der Waals surface area contributed by atoms with Crippen LogP contribution in [0, 0.1) is 11.6 Å². The maximum atomic E-state index is 14.1. The van der Waals surface area contributed by atoms with Crippen molar-refractivity contribution in [3.05, 3.63) is 65.2 Å². The number of imide groups is 1. The average molecular weight is 374 g/mol. The van der Waals surface area contributed by atoms with E-state index in [-0.39, 0.29) is 11.1 Å². The van der Waals surface area contributed by atoms with Gasteiger partial charge in [0.15, 0.2) is 5.78 Å². The summed E-state index contributed by atoms with van der Waals surface area (Å²) in [6.07, 6.45) is 0. The highest BCUT2D eigenvalue weighted by atomic mass is 19.1. The first-order valence-corrected chi connectivity index (χ1v) is 8.04. The fourth-order valence-electron chi connectivity index (χ4n) is 3.01. The Balaban J connectivity index is 1.90. The molecule has 1 fully saturated rings. The Hall–Kier alpha value is -3.29. The van der Waals surface area contributed by atoms with Gasteiger partial charge in [-0.15, -0.1) is 0 Å². The van der Waals surface area contributed by atoms with Crippen LogP contribution in [0.2, 0.25) is 0 Å². The van der Waals surface area contributed by atoms with Gasteiger partial charge in [0.25, 0.3) is 5.91 Å². The van der Waals surface area contributed by atoms with E-state index in [1.54, 1.807) is 18.2 Å². The molecule has 1 N–H and O–H groups in total. The van der Waals surface area contributed by atoms with Gasteiger partial charge in [-0.1, -0.05) is 12.1 Å². The van der Waals surface area contributed by atoms with Gasteiger partial charge in [-0.3, -0.25) is 14.5 Å². The molecule has 0 radical (unpaired) electrons. The van der Waals surface area contributed by atoms with E-state index < -0.39 is 41.4 Å². The molecule has 0 bridgehead atoms. The minimum absolute atomic E-state index is 0.200. The molecule has 27 heavy (non-hydrogen) atoms. The molecule has 140 valence electrons. The fourth-order valence-corrected chi connectivity index (χ4v) is 3.01. The highest BCUT2D eigenvalue weighted by Gasteiger charge is 2.50. The van der Waals surface area contributed by atoms with Gasteiger partial charge in [0.1, 0.15) is 22.9 Å².